The first kappa shape index (κ1) is 13.3. The maximum atomic E-state index is 12.5. The van der Waals surface area contributed by atoms with E-state index in [1.54, 1.807) is 31.3 Å². The van der Waals surface area contributed by atoms with Crippen molar-refractivity contribution in [2.24, 2.45) is 0 Å². The van der Waals surface area contributed by atoms with Gasteiger partial charge in [0.15, 0.2) is 0 Å². The molecule has 0 saturated carbocycles. The van der Waals surface area contributed by atoms with Gasteiger partial charge in [-0.05, 0) is 25.1 Å². The molecule has 1 fully saturated rings. The van der Waals surface area contributed by atoms with Crippen LogP contribution in [0.5, 0.6) is 5.75 Å². The molecule has 5 nitrogen and oxygen atoms in total. The second-order valence-electron chi connectivity index (χ2n) is 4.32. The predicted molar refractivity (Wildman–Crippen MR) is 69.2 cm³/mol. The van der Waals surface area contributed by atoms with Crippen LogP contribution in [-0.4, -0.2) is 46.0 Å². The van der Waals surface area contributed by atoms with Crippen molar-refractivity contribution in [1.29, 1.82) is 0 Å². The topological polar surface area (TPSA) is 58.6 Å². The van der Waals surface area contributed by atoms with Gasteiger partial charge in [-0.25, -0.2) is 8.42 Å². The molecule has 0 bridgehead atoms. The van der Waals surface area contributed by atoms with Gasteiger partial charge in [0.05, 0.1) is 7.11 Å². The second-order valence-corrected chi connectivity index (χ2v) is 6.28. The largest absolute Gasteiger partial charge is 0.495 e. The van der Waals surface area contributed by atoms with Crippen LogP contribution in [0.1, 0.15) is 6.42 Å². The maximum Gasteiger partial charge on any atom is 0.246 e. The fourth-order valence-corrected chi connectivity index (χ4v) is 3.67. The van der Waals surface area contributed by atoms with Crippen molar-refractivity contribution in [3.63, 3.8) is 0 Å². The summed E-state index contributed by atoms with van der Waals surface area (Å²) in [5.41, 5.74) is 0. The average Bonchev–Trinajstić information content (AvgIpc) is 2.91. The minimum absolute atomic E-state index is 0.0138. The van der Waals surface area contributed by atoms with E-state index in [1.165, 1.54) is 11.4 Å². The summed E-state index contributed by atoms with van der Waals surface area (Å²) in [5.74, 6) is 0.385. The number of hydrogen-bond acceptors (Lipinski definition) is 4. The number of benzene rings is 1. The van der Waals surface area contributed by atoms with E-state index in [-0.39, 0.29) is 10.9 Å². The molecule has 1 unspecified atom stereocenters. The average molecular weight is 270 g/mol. The van der Waals surface area contributed by atoms with Gasteiger partial charge in [-0.2, -0.15) is 4.31 Å². The van der Waals surface area contributed by atoms with Gasteiger partial charge < -0.3 is 10.1 Å². The van der Waals surface area contributed by atoms with Crippen LogP contribution in [0.2, 0.25) is 0 Å². The van der Waals surface area contributed by atoms with Crippen molar-refractivity contribution in [3.05, 3.63) is 24.3 Å². The molecule has 6 heteroatoms. The van der Waals surface area contributed by atoms with Gasteiger partial charge in [0.25, 0.3) is 0 Å². The van der Waals surface area contributed by atoms with Gasteiger partial charge in [0.2, 0.25) is 10.0 Å². The normalized spacial score (nSPS) is 20.3. The number of para-hydroxylation sites is 1. The van der Waals surface area contributed by atoms with Gasteiger partial charge in [-0.3, -0.25) is 0 Å². The zero-order chi connectivity index (χ0) is 13.2. The highest BCUT2D eigenvalue weighted by Crippen LogP contribution is 2.27. The molecule has 0 amide bonds. The summed E-state index contributed by atoms with van der Waals surface area (Å²) < 4.78 is 31.6. The molecule has 1 N–H and O–H groups in total. The van der Waals surface area contributed by atoms with Crippen LogP contribution in [0.3, 0.4) is 0 Å². The summed E-state index contributed by atoms with van der Waals surface area (Å²) >= 11 is 0. The summed E-state index contributed by atoms with van der Waals surface area (Å²) in [6.45, 7) is 1.56. The molecule has 0 spiro atoms. The number of nitrogens with zero attached hydrogens (tertiary/aromatic N) is 1. The molecule has 1 atom stereocenters. The van der Waals surface area contributed by atoms with Crippen molar-refractivity contribution in [3.8, 4) is 5.75 Å². The third kappa shape index (κ3) is 2.36. The zero-order valence-electron chi connectivity index (χ0n) is 10.6. The van der Waals surface area contributed by atoms with Crippen molar-refractivity contribution in [2.45, 2.75) is 17.4 Å². The highest BCUT2D eigenvalue weighted by atomic mass is 32.2. The van der Waals surface area contributed by atoms with Crippen LogP contribution in [0.25, 0.3) is 0 Å². The molecular formula is C12H18N2O3S. The van der Waals surface area contributed by atoms with Crippen molar-refractivity contribution in [2.75, 3.05) is 27.2 Å². The minimum Gasteiger partial charge on any atom is -0.495 e. The summed E-state index contributed by atoms with van der Waals surface area (Å²) in [7, 11) is -0.395. The summed E-state index contributed by atoms with van der Waals surface area (Å²) in [4.78, 5) is 0.224. The third-order valence-corrected chi connectivity index (χ3v) is 5.22. The molecular weight excluding hydrogens is 252 g/mol. The zero-order valence-corrected chi connectivity index (χ0v) is 11.4. The van der Waals surface area contributed by atoms with Crippen LogP contribution >= 0.6 is 0 Å². The predicted octanol–water partition coefficient (Wildman–Crippen LogP) is 0.678. The Hall–Kier alpha value is -1.11. The smallest absolute Gasteiger partial charge is 0.246 e. The lowest BCUT2D eigenvalue weighted by Crippen LogP contribution is -2.38. The number of hydrogen-bond donors (Lipinski definition) is 1. The van der Waals surface area contributed by atoms with E-state index in [4.69, 9.17) is 4.74 Å². The van der Waals surface area contributed by atoms with Gasteiger partial charge >= 0.3 is 0 Å². The quantitative estimate of drug-likeness (QED) is 0.874. The van der Waals surface area contributed by atoms with Crippen molar-refractivity contribution < 1.29 is 13.2 Å². The molecule has 1 heterocycles. The van der Waals surface area contributed by atoms with Crippen molar-refractivity contribution >= 4 is 10.0 Å². The monoisotopic (exact) mass is 270 g/mol. The fraction of sp³-hybridized carbons (Fsp3) is 0.500. The Bertz CT molecular complexity index is 510. The van der Waals surface area contributed by atoms with Gasteiger partial charge in [-0.15, -0.1) is 0 Å². The Morgan fingerprint density at radius 3 is 2.72 bits per heavy atom. The van der Waals surface area contributed by atoms with E-state index in [0.717, 1.165) is 13.0 Å². The number of nitrogens with one attached hydrogen (secondary N) is 1. The molecule has 18 heavy (non-hydrogen) atoms. The summed E-state index contributed by atoms with van der Waals surface area (Å²) in [6.07, 6.45) is 0.838. The molecule has 2 rings (SSSR count). The Labute approximate surface area is 108 Å². The first-order chi connectivity index (χ1) is 8.57. The van der Waals surface area contributed by atoms with E-state index in [2.05, 4.69) is 5.32 Å². The molecule has 0 aliphatic carbocycles. The van der Waals surface area contributed by atoms with E-state index in [9.17, 15) is 8.42 Å². The van der Waals surface area contributed by atoms with E-state index < -0.39 is 10.0 Å². The number of ether oxygens (including phenoxy) is 1. The molecule has 1 aliphatic rings. The second kappa shape index (κ2) is 5.26. The third-order valence-electron chi connectivity index (χ3n) is 3.27. The fourth-order valence-electron chi connectivity index (χ4n) is 2.13. The van der Waals surface area contributed by atoms with Crippen LogP contribution in [0, 0.1) is 0 Å². The molecule has 0 aromatic heterocycles. The van der Waals surface area contributed by atoms with Crippen LogP contribution in [0.4, 0.5) is 0 Å². The van der Waals surface area contributed by atoms with Gasteiger partial charge in [0.1, 0.15) is 10.6 Å². The highest BCUT2D eigenvalue weighted by molar-refractivity contribution is 7.89. The van der Waals surface area contributed by atoms with Gasteiger partial charge in [-0.1, -0.05) is 12.1 Å². The Morgan fingerprint density at radius 1 is 1.39 bits per heavy atom. The number of rotatable bonds is 4. The number of sulfonamides is 1. The molecule has 1 aromatic carbocycles. The van der Waals surface area contributed by atoms with Crippen molar-refractivity contribution in [1.82, 2.24) is 9.62 Å². The van der Waals surface area contributed by atoms with Crippen LogP contribution in [0.15, 0.2) is 29.2 Å². The first-order valence-electron chi connectivity index (χ1n) is 5.89. The number of methoxy groups -OCH3 is 1. The maximum absolute atomic E-state index is 12.5. The van der Waals surface area contributed by atoms with E-state index in [0.29, 0.717) is 12.3 Å². The molecule has 1 aliphatic heterocycles. The minimum atomic E-state index is -3.50. The van der Waals surface area contributed by atoms with Crippen LogP contribution < -0.4 is 10.1 Å². The van der Waals surface area contributed by atoms with E-state index in [1.807, 2.05) is 0 Å². The summed E-state index contributed by atoms with van der Waals surface area (Å²) in [5, 5.41) is 3.17. The SMILES string of the molecule is COc1ccccc1S(=O)(=O)N(C)C1CCNC1. The lowest BCUT2D eigenvalue weighted by atomic mass is 10.3. The Balaban J connectivity index is 2.35. The lowest BCUT2D eigenvalue weighted by Gasteiger charge is -2.23. The van der Waals surface area contributed by atoms with Crippen LogP contribution in [-0.2, 0) is 10.0 Å². The molecule has 1 aromatic rings. The standard InChI is InChI=1S/C12H18N2O3S/c1-14(10-7-8-13-9-10)18(15,16)12-6-4-3-5-11(12)17-2/h3-6,10,13H,7-9H2,1-2H3. The van der Waals surface area contributed by atoms with Gasteiger partial charge in [0, 0.05) is 19.6 Å². The molecule has 1 saturated heterocycles. The van der Waals surface area contributed by atoms with E-state index >= 15 is 0 Å². The Morgan fingerprint density at radius 2 is 2.11 bits per heavy atom. The highest BCUT2D eigenvalue weighted by Gasteiger charge is 2.31. The molecule has 0 radical (unpaired) electrons. The Kier molecular flexibility index (Phi) is 3.89. The lowest BCUT2D eigenvalue weighted by molar-refractivity contribution is 0.376. The number of likely N-dealkylation sites (N-methyl/N-ethyl adjacent to an activating group) is 1. The summed E-state index contributed by atoms with van der Waals surface area (Å²) in [6, 6.07) is 6.71. The first-order valence-corrected chi connectivity index (χ1v) is 7.33. The molecule has 100 valence electrons.